The van der Waals surface area contributed by atoms with Crippen molar-refractivity contribution in [1.29, 1.82) is 0 Å². The molecule has 0 radical (unpaired) electrons. The summed E-state index contributed by atoms with van der Waals surface area (Å²) in [6.07, 6.45) is 4.29. The van der Waals surface area contributed by atoms with Crippen molar-refractivity contribution in [1.82, 2.24) is 15.1 Å². The summed E-state index contributed by atoms with van der Waals surface area (Å²) < 4.78 is 1.66. The maximum atomic E-state index is 12.0. The van der Waals surface area contributed by atoms with Crippen molar-refractivity contribution in [3.8, 4) is 5.69 Å². The second kappa shape index (κ2) is 5.09. The zero-order chi connectivity index (χ0) is 14.0. The van der Waals surface area contributed by atoms with E-state index < -0.39 is 5.60 Å². The monoisotopic (exact) mass is 271 g/mol. The van der Waals surface area contributed by atoms with Crippen LogP contribution >= 0.6 is 0 Å². The summed E-state index contributed by atoms with van der Waals surface area (Å²) in [6.45, 7) is 0.296. The van der Waals surface area contributed by atoms with Crippen molar-refractivity contribution >= 4 is 5.91 Å². The lowest BCUT2D eigenvalue weighted by molar-refractivity contribution is -0.0300. The van der Waals surface area contributed by atoms with Crippen molar-refractivity contribution in [2.75, 3.05) is 6.54 Å². The molecular weight excluding hydrogens is 254 g/mol. The summed E-state index contributed by atoms with van der Waals surface area (Å²) in [7, 11) is 0. The number of amides is 1. The Morgan fingerprint density at radius 3 is 2.70 bits per heavy atom. The number of aromatic nitrogens is 2. The maximum absolute atomic E-state index is 12.0. The molecule has 1 aliphatic rings. The van der Waals surface area contributed by atoms with E-state index in [0.29, 0.717) is 12.2 Å². The third-order valence-corrected chi connectivity index (χ3v) is 3.70. The molecule has 0 unspecified atom stereocenters. The van der Waals surface area contributed by atoms with E-state index in [1.807, 2.05) is 30.3 Å². The van der Waals surface area contributed by atoms with Gasteiger partial charge in [0.15, 0.2) is 5.69 Å². The minimum atomic E-state index is -0.711. The lowest BCUT2D eigenvalue weighted by Gasteiger charge is -2.36. The third kappa shape index (κ3) is 2.58. The van der Waals surface area contributed by atoms with Crippen LogP contribution < -0.4 is 5.32 Å². The van der Waals surface area contributed by atoms with Crippen LogP contribution in [0.25, 0.3) is 5.69 Å². The van der Waals surface area contributed by atoms with E-state index >= 15 is 0 Å². The second-order valence-electron chi connectivity index (χ2n) is 5.24. The van der Waals surface area contributed by atoms with Gasteiger partial charge >= 0.3 is 0 Å². The average Bonchev–Trinajstić information content (AvgIpc) is 2.93. The number of rotatable bonds is 4. The lowest BCUT2D eigenvalue weighted by atomic mass is 9.80. The minimum absolute atomic E-state index is 0.250. The van der Waals surface area contributed by atoms with Crippen LogP contribution in [0.1, 0.15) is 29.8 Å². The standard InChI is InChI=1S/C15H17N3O2/c19-14(16-11-15(20)8-4-9-15)13-7-10-18(17-13)12-5-2-1-3-6-12/h1-3,5-7,10,20H,4,8-9,11H2,(H,16,19). The van der Waals surface area contributed by atoms with Gasteiger partial charge in [-0.1, -0.05) is 18.2 Å². The average molecular weight is 271 g/mol. The molecule has 5 nitrogen and oxygen atoms in total. The van der Waals surface area contributed by atoms with Gasteiger partial charge in [-0.2, -0.15) is 5.10 Å². The highest BCUT2D eigenvalue weighted by atomic mass is 16.3. The highest BCUT2D eigenvalue weighted by molar-refractivity contribution is 5.92. The van der Waals surface area contributed by atoms with Gasteiger partial charge in [0, 0.05) is 12.7 Å². The SMILES string of the molecule is O=C(NCC1(O)CCC1)c1ccn(-c2ccccc2)n1. The Morgan fingerprint density at radius 1 is 1.30 bits per heavy atom. The van der Waals surface area contributed by atoms with Crippen LogP contribution in [0.15, 0.2) is 42.6 Å². The van der Waals surface area contributed by atoms with Crippen LogP contribution in [0, 0.1) is 0 Å². The number of carbonyl (C=O) groups excluding carboxylic acids is 1. The molecule has 1 amide bonds. The molecule has 1 aliphatic carbocycles. The smallest absolute Gasteiger partial charge is 0.271 e. The molecule has 1 heterocycles. The first-order valence-corrected chi connectivity index (χ1v) is 6.78. The molecule has 104 valence electrons. The molecule has 1 fully saturated rings. The predicted octanol–water partition coefficient (Wildman–Crippen LogP) is 1.52. The summed E-state index contributed by atoms with van der Waals surface area (Å²) >= 11 is 0. The highest BCUT2D eigenvalue weighted by Gasteiger charge is 2.34. The summed E-state index contributed by atoms with van der Waals surface area (Å²) in [4.78, 5) is 12.0. The van der Waals surface area contributed by atoms with Crippen molar-refractivity contribution in [2.24, 2.45) is 0 Å². The van der Waals surface area contributed by atoms with E-state index in [1.165, 1.54) is 0 Å². The molecule has 0 aliphatic heterocycles. The Labute approximate surface area is 117 Å². The third-order valence-electron chi connectivity index (χ3n) is 3.70. The Bertz CT molecular complexity index is 603. The predicted molar refractivity (Wildman–Crippen MR) is 74.7 cm³/mol. The summed E-state index contributed by atoms with van der Waals surface area (Å²) in [5.74, 6) is -0.250. The van der Waals surface area contributed by atoms with E-state index in [2.05, 4.69) is 10.4 Å². The normalized spacial score (nSPS) is 16.4. The Balaban J connectivity index is 1.66. The van der Waals surface area contributed by atoms with Crippen LogP contribution in [0.2, 0.25) is 0 Å². The number of carbonyl (C=O) groups is 1. The van der Waals surface area contributed by atoms with Gasteiger partial charge in [-0.05, 0) is 37.5 Å². The van der Waals surface area contributed by atoms with Crippen molar-refractivity contribution < 1.29 is 9.90 Å². The number of nitrogens with zero attached hydrogens (tertiary/aromatic N) is 2. The fourth-order valence-electron chi connectivity index (χ4n) is 2.27. The second-order valence-corrected chi connectivity index (χ2v) is 5.24. The fourth-order valence-corrected chi connectivity index (χ4v) is 2.27. The molecule has 2 aromatic rings. The van der Waals surface area contributed by atoms with Crippen LogP contribution in [0.4, 0.5) is 0 Å². The molecule has 1 aromatic heterocycles. The Morgan fingerprint density at radius 2 is 2.05 bits per heavy atom. The molecule has 0 spiro atoms. The zero-order valence-corrected chi connectivity index (χ0v) is 11.1. The van der Waals surface area contributed by atoms with Gasteiger partial charge in [-0.15, -0.1) is 0 Å². The largest absolute Gasteiger partial charge is 0.388 e. The van der Waals surface area contributed by atoms with E-state index in [1.54, 1.807) is 16.9 Å². The number of benzene rings is 1. The van der Waals surface area contributed by atoms with Gasteiger partial charge in [-0.3, -0.25) is 4.79 Å². The van der Waals surface area contributed by atoms with Crippen LogP contribution in [0.5, 0.6) is 0 Å². The van der Waals surface area contributed by atoms with Gasteiger partial charge in [-0.25, -0.2) is 4.68 Å². The highest BCUT2D eigenvalue weighted by Crippen LogP contribution is 2.30. The summed E-state index contributed by atoms with van der Waals surface area (Å²) in [5.41, 5.74) is 0.554. The minimum Gasteiger partial charge on any atom is -0.388 e. The van der Waals surface area contributed by atoms with Crippen molar-refractivity contribution in [3.63, 3.8) is 0 Å². The molecule has 3 rings (SSSR count). The first-order valence-electron chi connectivity index (χ1n) is 6.78. The zero-order valence-electron chi connectivity index (χ0n) is 11.1. The lowest BCUT2D eigenvalue weighted by Crippen LogP contribution is -2.47. The first-order chi connectivity index (χ1) is 9.66. The van der Waals surface area contributed by atoms with Gasteiger partial charge < -0.3 is 10.4 Å². The molecule has 2 N–H and O–H groups in total. The van der Waals surface area contributed by atoms with E-state index in [0.717, 1.165) is 24.9 Å². The number of hydrogen-bond acceptors (Lipinski definition) is 3. The van der Waals surface area contributed by atoms with Crippen LogP contribution in [-0.4, -0.2) is 32.9 Å². The van der Waals surface area contributed by atoms with E-state index in [-0.39, 0.29) is 5.91 Å². The topological polar surface area (TPSA) is 67.2 Å². The quantitative estimate of drug-likeness (QED) is 0.886. The van der Waals surface area contributed by atoms with Crippen LogP contribution in [0.3, 0.4) is 0 Å². The van der Waals surface area contributed by atoms with E-state index in [9.17, 15) is 9.90 Å². The fraction of sp³-hybridized carbons (Fsp3) is 0.333. The summed E-state index contributed by atoms with van der Waals surface area (Å²) in [6, 6.07) is 11.3. The number of para-hydroxylation sites is 1. The summed E-state index contributed by atoms with van der Waals surface area (Å²) in [5, 5.41) is 16.9. The molecule has 1 aromatic carbocycles. The maximum Gasteiger partial charge on any atom is 0.271 e. The molecule has 0 bridgehead atoms. The Hall–Kier alpha value is -2.14. The first kappa shape index (κ1) is 12.9. The molecule has 0 saturated heterocycles. The number of nitrogens with one attached hydrogen (secondary N) is 1. The molecule has 20 heavy (non-hydrogen) atoms. The van der Waals surface area contributed by atoms with Gasteiger partial charge in [0.25, 0.3) is 5.91 Å². The molecular formula is C15H17N3O2. The molecule has 0 atom stereocenters. The number of aliphatic hydroxyl groups is 1. The van der Waals surface area contributed by atoms with Crippen molar-refractivity contribution in [3.05, 3.63) is 48.3 Å². The van der Waals surface area contributed by atoms with Gasteiger partial charge in [0.1, 0.15) is 0 Å². The van der Waals surface area contributed by atoms with E-state index in [4.69, 9.17) is 0 Å². The molecule has 1 saturated carbocycles. The molecule has 5 heteroatoms. The number of hydrogen-bond donors (Lipinski definition) is 2. The van der Waals surface area contributed by atoms with Crippen molar-refractivity contribution in [2.45, 2.75) is 24.9 Å². The van der Waals surface area contributed by atoms with Gasteiger partial charge in [0.05, 0.1) is 11.3 Å². The van der Waals surface area contributed by atoms with Crippen LogP contribution in [-0.2, 0) is 0 Å². The Kier molecular flexibility index (Phi) is 3.28. The van der Waals surface area contributed by atoms with Gasteiger partial charge in [0.2, 0.25) is 0 Å².